The molecule has 2 aromatic rings. The average Bonchev–Trinajstić information content (AvgIpc) is 2.84. The lowest BCUT2D eigenvalue weighted by molar-refractivity contribution is 0.386. The minimum Gasteiger partial charge on any atom is -0.494 e. The molecule has 0 aliphatic carbocycles. The van der Waals surface area contributed by atoms with Gasteiger partial charge in [0.2, 0.25) is 5.16 Å². The van der Waals surface area contributed by atoms with E-state index in [0.29, 0.717) is 12.3 Å². The van der Waals surface area contributed by atoms with Crippen molar-refractivity contribution in [2.45, 2.75) is 24.4 Å². The largest absolute Gasteiger partial charge is 0.494 e. The predicted molar refractivity (Wildman–Crippen MR) is 66.0 cm³/mol. The van der Waals surface area contributed by atoms with Crippen molar-refractivity contribution in [3.63, 3.8) is 0 Å². The number of methoxy groups -OCH3 is 1. The second-order valence-electron chi connectivity index (χ2n) is 3.53. The number of halogens is 1. The van der Waals surface area contributed by atoms with Crippen LogP contribution in [0.3, 0.4) is 0 Å². The molecule has 0 saturated carbocycles. The van der Waals surface area contributed by atoms with Crippen molar-refractivity contribution in [3.05, 3.63) is 29.6 Å². The first-order chi connectivity index (χ1) is 8.74. The molecule has 5 nitrogen and oxygen atoms in total. The summed E-state index contributed by atoms with van der Waals surface area (Å²) < 4.78 is 20.0. The third-order valence-corrected chi connectivity index (χ3v) is 3.41. The number of thioether (sulfide) groups is 1. The van der Waals surface area contributed by atoms with Gasteiger partial charge in [0.1, 0.15) is 0 Å². The summed E-state index contributed by atoms with van der Waals surface area (Å²) in [6.45, 7) is 2.68. The van der Waals surface area contributed by atoms with E-state index in [2.05, 4.69) is 15.5 Å². The molecule has 1 aromatic carbocycles. The molecule has 0 radical (unpaired) electrons. The molecule has 0 atom stereocenters. The van der Waals surface area contributed by atoms with Crippen LogP contribution in [0.5, 0.6) is 5.75 Å². The van der Waals surface area contributed by atoms with Crippen molar-refractivity contribution < 1.29 is 9.13 Å². The highest BCUT2D eigenvalue weighted by atomic mass is 32.2. The zero-order chi connectivity index (χ0) is 13.0. The Kier molecular flexibility index (Phi) is 4.14. The van der Waals surface area contributed by atoms with E-state index < -0.39 is 0 Å². The van der Waals surface area contributed by atoms with E-state index in [0.717, 1.165) is 10.7 Å². The molecule has 1 heterocycles. The fourth-order valence-electron chi connectivity index (χ4n) is 1.45. The summed E-state index contributed by atoms with van der Waals surface area (Å²) >= 11 is 1.47. The SMILES string of the molecule is CCn1nnnc1SCc1ccc(OC)c(F)c1. The molecule has 0 fully saturated rings. The lowest BCUT2D eigenvalue weighted by atomic mass is 10.2. The number of tetrazole rings is 1. The van der Waals surface area contributed by atoms with E-state index in [1.807, 2.05) is 13.0 Å². The molecule has 96 valence electrons. The Morgan fingerprint density at radius 3 is 2.94 bits per heavy atom. The lowest BCUT2D eigenvalue weighted by Crippen LogP contribution is -1.99. The Morgan fingerprint density at radius 2 is 2.28 bits per heavy atom. The highest BCUT2D eigenvalue weighted by molar-refractivity contribution is 7.98. The van der Waals surface area contributed by atoms with E-state index in [-0.39, 0.29) is 11.6 Å². The van der Waals surface area contributed by atoms with Crippen LogP contribution >= 0.6 is 11.8 Å². The van der Waals surface area contributed by atoms with Gasteiger partial charge in [0.25, 0.3) is 0 Å². The van der Waals surface area contributed by atoms with Crippen molar-refractivity contribution in [2.75, 3.05) is 7.11 Å². The molecular formula is C11H13FN4OS. The topological polar surface area (TPSA) is 52.8 Å². The van der Waals surface area contributed by atoms with E-state index in [9.17, 15) is 4.39 Å². The van der Waals surface area contributed by atoms with Crippen LogP contribution in [-0.2, 0) is 12.3 Å². The van der Waals surface area contributed by atoms with Crippen molar-refractivity contribution in [1.82, 2.24) is 20.2 Å². The first kappa shape index (κ1) is 12.8. The van der Waals surface area contributed by atoms with E-state index in [1.165, 1.54) is 24.9 Å². The first-order valence-corrected chi connectivity index (χ1v) is 6.44. The number of aromatic nitrogens is 4. The minimum absolute atomic E-state index is 0.252. The number of hydrogen-bond acceptors (Lipinski definition) is 5. The number of hydrogen-bond donors (Lipinski definition) is 0. The van der Waals surface area contributed by atoms with Crippen LogP contribution < -0.4 is 4.74 Å². The van der Waals surface area contributed by atoms with Gasteiger partial charge >= 0.3 is 0 Å². The molecule has 18 heavy (non-hydrogen) atoms. The lowest BCUT2D eigenvalue weighted by Gasteiger charge is -2.05. The summed E-state index contributed by atoms with van der Waals surface area (Å²) in [6.07, 6.45) is 0. The Morgan fingerprint density at radius 1 is 1.44 bits per heavy atom. The molecule has 2 rings (SSSR count). The second-order valence-corrected chi connectivity index (χ2v) is 4.48. The van der Waals surface area contributed by atoms with Gasteiger partial charge < -0.3 is 4.74 Å². The predicted octanol–water partition coefficient (Wildman–Crippen LogP) is 2.13. The Balaban J connectivity index is 2.04. The molecule has 0 unspecified atom stereocenters. The molecule has 0 spiro atoms. The number of benzene rings is 1. The second kappa shape index (κ2) is 5.81. The third kappa shape index (κ3) is 2.79. The van der Waals surface area contributed by atoms with E-state index in [1.54, 1.807) is 10.7 Å². The summed E-state index contributed by atoms with van der Waals surface area (Å²) in [4.78, 5) is 0. The average molecular weight is 268 g/mol. The molecule has 0 N–H and O–H groups in total. The van der Waals surface area contributed by atoms with Gasteiger partial charge in [-0.1, -0.05) is 17.8 Å². The van der Waals surface area contributed by atoms with Crippen LogP contribution in [0.1, 0.15) is 12.5 Å². The zero-order valence-corrected chi connectivity index (χ0v) is 10.9. The van der Waals surface area contributed by atoms with Crippen LogP contribution in [-0.4, -0.2) is 27.3 Å². The molecule has 0 amide bonds. The van der Waals surface area contributed by atoms with Gasteiger partial charge in [-0.05, 0) is 35.0 Å². The van der Waals surface area contributed by atoms with Crippen molar-refractivity contribution in [2.24, 2.45) is 0 Å². The van der Waals surface area contributed by atoms with Crippen LogP contribution in [0.4, 0.5) is 4.39 Å². The maximum atomic E-state index is 13.5. The Labute approximate surface area is 108 Å². The van der Waals surface area contributed by atoms with E-state index in [4.69, 9.17) is 4.74 Å². The molecule has 0 bridgehead atoms. The highest BCUT2D eigenvalue weighted by Gasteiger charge is 2.07. The Bertz CT molecular complexity index is 532. The maximum absolute atomic E-state index is 13.5. The molecule has 1 aromatic heterocycles. The summed E-state index contributed by atoms with van der Waals surface area (Å²) in [5, 5.41) is 12.1. The fraction of sp³-hybridized carbons (Fsp3) is 0.364. The summed E-state index contributed by atoms with van der Waals surface area (Å²) in [5.74, 6) is 0.509. The van der Waals surface area contributed by atoms with Crippen LogP contribution in [0.15, 0.2) is 23.4 Å². The van der Waals surface area contributed by atoms with Gasteiger partial charge in [0.15, 0.2) is 11.6 Å². The van der Waals surface area contributed by atoms with Crippen molar-refractivity contribution in [1.29, 1.82) is 0 Å². The van der Waals surface area contributed by atoms with Gasteiger partial charge in [-0.15, -0.1) is 5.10 Å². The molecule has 7 heteroatoms. The summed E-state index contributed by atoms with van der Waals surface area (Å²) in [6, 6.07) is 4.91. The number of ether oxygens (including phenoxy) is 1. The normalized spacial score (nSPS) is 10.6. The zero-order valence-electron chi connectivity index (χ0n) is 10.1. The van der Waals surface area contributed by atoms with E-state index >= 15 is 0 Å². The van der Waals surface area contributed by atoms with Crippen molar-refractivity contribution in [3.8, 4) is 5.75 Å². The summed E-state index contributed by atoms with van der Waals surface area (Å²) in [7, 11) is 1.45. The van der Waals surface area contributed by atoms with Crippen LogP contribution in [0.25, 0.3) is 0 Å². The fourth-order valence-corrected chi connectivity index (χ4v) is 2.33. The highest BCUT2D eigenvalue weighted by Crippen LogP contribution is 2.23. The van der Waals surface area contributed by atoms with Gasteiger partial charge in [0, 0.05) is 12.3 Å². The van der Waals surface area contributed by atoms with Gasteiger partial charge in [0.05, 0.1) is 7.11 Å². The standard InChI is InChI=1S/C11H13FN4OS/c1-3-16-11(13-14-15-16)18-7-8-4-5-10(17-2)9(12)6-8/h4-6H,3,7H2,1-2H3. The number of aryl methyl sites for hydroxylation is 1. The number of rotatable bonds is 5. The third-order valence-electron chi connectivity index (χ3n) is 2.38. The molecule has 0 aliphatic heterocycles. The molecular weight excluding hydrogens is 255 g/mol. The van der Waals surface area contributed by atoms with Crippen molar-refractivity contribution >= 4 is 11.8 Å². The smallest absolute Gasteiger partial charge is 0.209 e. The first-order valence-electron chi connectivity index (χ1n) is 5.46. The van der Waals surface area contributed by atoms with Crippen LogP contribution in [0, 0.1) is 5.82 Å². The van der Waals surface area contributed by atoms with Crippen LogP contribution in [0.2, 0.25) is 0 Å². The molecule has 0 aliphatic rings. The quantitative estimate of drug-likeness (QED) is 0.778. The summed E-state index contributed by atoms with van der Waals surface area (Å²) in [5.41, 5.74) is 0.865. The maximum Gasteiger partial charge on any atom is 0.209 e. The number of nitrogens with zero attached hydrogens (tertiary/aromatic N) is 4. The minimum atomic E-state index is -0.356. The molecule has 0 saturated heterocycles. The Hall–Kier alpha value is -1.63. The van der Waals surface area contributed by atoms with Gasteiger partial charge in [-0.2, -0.15) is 0 Å². The van der Waals surface area contributed by atoms with Gasteiger partial charge in [-0.25, -0.2) is 9.07 Å². The van der Waals surface area contributed by atoms with Gasteiger partial charge in [-0.3, -0.25) is 0 Å². The monoisotopic (exact) mass is 268 g/mol.